The number of β-amino-alcohol motifs (C(OH)–C–C–N with tert-alkyl or cyclic N) is 1. The van der Waals surface area contributed by atoms with Crippen LogP contribution in [0.1, 0.15) is 28.2 Å². The minimum absolute atomic E-state index is 0.209. The standard InChI is InChI=1S/C21H21N5O2/c1-14-10-17-18(12-23-14)26(24-19(17)20(22)27)16-5-3-4-15(11-16)6-7-21(28)8-9-25(2)13-21/h3-5,10-12,28H,8-9,13H2,1-2H3,(H2,22,27)/t21-/m0/s1. The quantitative estimate of drug-likeness (QED) is 0.657. The van der Waals surface area contributed by atoms with E-state index in [9.17, 15) is 9.90 Å². The fraction of sp³-hybridized carbons (Fsp3) is 0.286. The Morgan fingerprint density at radius 3 is 2.89 bits per heavy atom. The molecule has 1 atom stereocenters. The summed E-state index contributed by atoms with van der Waals surface area (Å²) in [6, 6.07) is 9.28. The number of likely N-dealkylation sites (tertiary alicyclic amines) is 1. The Kier molecular flexibility index (Phi) is 4.38. The minimum Gasteiger partial charge on any atom is -0.376 e. The molecule has 1 aliphatic rings. The summed E-state index contributed by atoms with van der Waals surface area (Å²) in [5, 5.41) is 15.6. The van der Waals surface area contributed by atoms with Crippen molar-refractivity contribution in [2.24, 2.45) is 5.73 Å². The van der Waals surface area contributed by atoms with E-state index >= 15 is 0 Å². The zero-order valence-corrected chi connectivity index (χ0v) is 15.8. The molecule has 1 fully saturated rings. The molecule has 1 aliphatic heterocycles. The summed E-state index contributed by atoms with van der Waals surface area (Å²) in [5.41, 5.74) is 7.70. The first-order valence-corrected chi connectivity index (χ1v) is 9.04. The lowest BCUT2D eigenvalue weighted by atomic mass is 10.0. The third kappa shape index (κ3) is 3.36. The van der Waals surface area contributed by atoms with Crippen LogP contribution in [0.25, 0.3) is 16.6 Å². The van der Waals surface area contributed by atoms with Crippen LogP contribution in [-0.2, 0) is 0 Å². The zero-order chi connectivity index (χ0) is 19.9. The molecule has 0 unspecified atom stereocenters. The van der Waals surface area contributed by atoms with E-state index < -0.39 is 11.5 Å². The van der Waals surface area contributed by atoms with Gasteiger partial charge in [-0.15, -0.1) is 0 Å². The highest BCUT2D eigenvalue weighted by molar-refractivity contribution is 6.04. The molecule has 3 aromatic rings. The molecule has 7 nitrogen and oxygen atoms in total. The summed E-state index contributed by atoms with van der Waals surface area (Å²) >= 11 is 0. The number of aryl methyl sites for hydroxylation is 1. The number of amides is 1. The van der Waals surface area contributed by atoms with Crippen molar-refractivity contribution < 1.29 is 9.90 Å². The van der Waals surface area contributed by atoms with Gasteiger partial charge in [-0.3, -0.25) is 9.78 Å². The Labute approximate surface area is 162 Å². The van der Waals surface area contributed by atoms with Gasteiger partial charge in [0.1, 0.15) is 5.60 Å². The van der Waals surface area contributed by atoms with Crippen LogP contribution in [0.2, 0.25) is 0 Å². The topological polar surface area (TPSA) is 97.3 Å². The molecule has 1 amide bonds. The third-order valence-electron chi connectivity index (χ3n) is 4.91. The lowest BCUT2D eigenvalue weighted by Gasteiger charge is -2.14. The van der Waals surface area contributed by atoms with Gasteiger partial charge >= 0.3 is 0 Å². The fourth-order valence-electron chi connectivity index (χ4n) is 3.48. The van der Waals surface area contributed by atoms with Crippen molar-refractivity contribution in [3.05, 3.63) is 53.5 Å². The normalized spacial score (nSPS) is 19.5. The van der Waals surface area contributed by atoms with Crippen LogP contribution in [0.15, 0.2) is 36.5 Å². The number of rotatable bonds is 2. The number of benzene rings is 1. The monoisotopic (exact) mass is 375 g/mol. The summed E-state index contributed by atoms with van der Waals surface area (Å²) in [6.45, 7) is 3.21. The molecule has 3 N–H and O–H groups in total. The number of carbonyl (C=O) groups is 1. The second-order valence-corrected chi connectivity index (χ2v) is 7.29. The molecule has 7 heteroatoms. The molecule has 2 aromatic heterocycles. The molecule has 0 aliphatic carbocycles. The molecule has 28 heavy (non-hydrogen) atoms. The number of nitrogens with two attached hydrogens (primary N) is 1. The van der Waals surface area contributed by atoms with Crippen LogP contribution in [0.4, 0.5) is 0 Å². The number of fused-ring (bicyclic) bond motifs is 1. The average molecular weight is 375 g/mol. The molecule has 0 saturated carbocycles. The predicted octanol–water partition coefficient (Wildman–Crippen LogP) is 1.25. The highest BCUT2D eigenvalue weighted by Gasteiger charge is 2.32. The van der Waals surface area contributed by atoms with Gasteiger partial charge in [-0.1, -0.05) is 17.9 Å². The van der Waals surface area contributed by atoms with Gasteiger partial charge in [-0.25, -0.2) is 4.68 Å². The van der Waals surface area contributed by atoms with Crippen molar-refractivity contribution in [1.29, 1.82) is 0 Å². The van der Waals surface area contributed by atoms with Crippen LogP contribution in [0.3, 0.4) is 0 Å². The molecular formula is C21H21N5O2. The predicted molar refractivity (Wildman–Crippen MR) is 106 cm³/mol. The highest BCUT2D eigenvalue weighted by Crippen LogP contribution is 2.23. The molecule has 0 spiro atoms. The lowest BCUT2D eigenvalue weighted by molar-refractivity contribution is 0.0996. The van der Waals surface area contributed by atoms with Gasteiger partial charge in [0, 0.05) is 36.2 Å². The summed E-state index contributed by atoms with van der Waals surface area (Å²) in [5.74, 6) is 5.48. The Balaban J connectivity index is 1.76. The Hall–Kier alpha value is -3.21. The second kappa shape index (κ2) is 6.75. The molecular weight excluding hydrogens is 354 g/mol. The first-order valence-electron chi connectivity index (χ1n) is 9.04. The minimum atomic E-state index is -0.982. The number of likely N-dealkylation sites (N-methyl/N-ethyl adjacent to an activating group) is 1. The van der Waals surface area contributed by atoms with Gasteiger partial charge in [0.15, 0.2) is 5.69 Å². The van der Waals surface area contributed by atoms with Gasteiger partial charge in [0.25, 0.3) is 5.91 Å². The average Bonchev–Trinajstić information content (AvgIpc) is 3.20. The van der Waals surface area contributed by atoms with Crippen molar-refractivity contribution in [2.75, 3.05) is 20.1 Å². The Bertz CT molecular complexity index is 1140. The third-order valence-corrected chi connectivity index (χ3v) is 4.91. The maximum atomic E-state index is 11.8. The van der Waals surface area contributed by atoms with Crippen LogP contribution in [-0.4, -0.2) is 56.4 Å². The van der Waals surface area contributed by atoms with E-state index in [0.29, 0.717) is 23.9 Å². The largest absolute Gasteiger partial charge is 0.376 e. The van der Waals surface area contributed by atoms with Crippen molar-refractivity contribution in [3.8, 4) is 17.5 Å². The molecule has 3 heterocycles. The van der Waals surface area contributed by atoms with Gasteiger partial charge in [0.2, 0.25) is 0 Å². The van der Waals surface area contributed by atoms with Gasteiger partial charge in [0.05, 0.1) is 17.4 Å². The Morgan fingerprint density at radius 1 is 1.36 bits per heavy atom. The summed E-state index contributed by atoms with van der Waals surface area (Å²) in [6.07, 6.45) is 2.31. The second-order valence-electron chi connectivity index (χ2n) is 7.29. The number of hydrogen-bond donors (Lipinski definition) is 2. The molecule has 0 radical (unpaired) electrons. The number of carbonyl (C=O) groups excluding carboxylic acids is 1. The zero-order valence-electron chi connectivity index (χ0n) is 15.8. The van der Waals surface area contributed by atoms with Crippen molar-refractivity contribution in [2.45, 2.75) is 18.9 Å². The number of pyridine rings is 1. The van der Waals surface area contributed by atoms with Gasteiger partial charge in [-0.05, 0) is 38.2 Å². The van der Waals surface area contributed by atoms with Crippen molar-refractivity contribution >= 4 is 16.8 Å². The van der Waals surface area contributed by atoms with E-state index in [2.05, 4.69) is 26.8 Å². The smallest absolute Gasteiger partial charge is 0.269 e. The van der Waals surface area contributed by atoms with Crippen LogP contribution in [0.5, 0.6) is 0 Å². The van der Waals surface area contributed by atoms with Gasteiger partial charge in [-0.2, -0.15) is 5.10 Å². The number of hydrogen-bond acceptors (Lipinski definition) is 5. The molecule has 0 bridgehead atoms. The molecule has 142 valence electrons. The van der Waals surface area contributed by atoms with Gasteiger partial charge < -0.3 is 15.7 Å². The number of aromatic nitrogens is 3. The highest BCUT2D eigenvalue weighted by atomic mass is 16.3. The molecule has 1 aromatic carbocycles. The van der Waals surface area contributed by atoms with E-state index in [1.54, 1.807) is 16.9 Å². The van der Waals surface area contributed by atoms with Crippen LogP contribution in [0, 0.1) is 18.8 Å². The SMILES string of the molecule is Cc1cc2c(C(N)=O)nn(-c3cccc(C#C[C@]4(O)CCN(C)C4)c3)c2cn1. The fourth-order valence-corrected chi connectivity index (χ4v) is 3.48. The van der Waals surface area contributed by atoms with E-state index in [-0.39, 0.29) is 5.69 Å². The van der Waals surface area contributed by atoms with Crippen molar-refractivity contribution in [1.82, 2.24) is 19.7 Å². The maximum Gasteiger partial charge on any atom is 0.269 e. The van der Waals surface area contributed by atoms with Crippen LogP contribution >= 0.6 is 0 Å². The van der Waals surface area contributed by atoms with Crippen molar-refractivity contribution in [3.63, 3.8) is 0 Å². The van der Waals surface area contributed by atoms with E-state index in [4.69, 9.17) is 5.73 Å². The first kappa shape index (κ1) is 18.2. The summed E-state index contributed by atoms with van der Waals surface area (Å²) in [4.78, 5) is 18.2. The number of aliphatic hydroxyl groups is 1. The molecule has 1 saturated heterocycles. The van der Waals surface area contributed by atoms with E-state index in [1.165, 1.54) is 0 Å². The summed E-state index contributed by atoms with van der Waals surface area (Å²) in [7, 11) is 1.97. The number of nitrogens with zero attached hydrogens (tertiary/aromatic N) is 4. The van der Waals surface area contributed by atoms with Crippen LogP contribution < -0.4 is 5.73 Å². The number of primary amides is 1. The lowest BCUT2D eigenvalue weighted by Crippen LogP contribution is -2.29. The summed E-state index contributed by atoms with van der Waals surface area (Å²) < 4.78 is 1.64. The maximum absolute atomic E-state index is 11.8. The first-order chi connectivity index (χ1) is 13.3. The molecule has 4 rings (SSSR count). The van der Waals surface area contributed by atoms with E-state index in [1.807, 2.05) is 38.2 Å². The van der Waals surface area contributed by atoms with E-state index in [0.717, 1.165) is 23.5 Å². The Morgan fingerprint density at radius 2 is 2.18 bits per heavy atom.